The number of nitrogens with one attached hydrogen (secondary N) is 2. The highest BCUT2D eigenvalue weighted by Crippen LogP contribution is 2.33. The number of aliphatic hydroxyl groups excluding tert-OH is 1. The Morgan fingerprint density at radius 2 is 2.11 bits per heavy atom. The van der Waals surface area contributed by atoms with Crippen LogP contribution in [0.15, 0.2) is 30.5 Å². The summed E-state index contributed by atoms with van der Waals surface area (Å²) in [6.07, 6.45) is 4.59. The van der Waals surface area contributed by atoms with Crippen molar-refractivity contribution in [1.82, 2.24) is 15.1 Å². The highest BCUT2D eigenvalue weighted by atomic mass is 19.1. The number of hydrogen-bond acceptors (Lipinski definition) is 4. The van der Waals surface area contributed by atoms with Crippen LogP contribution in [0.3, 0.4) is 0 Å². The van der Waals surface area contributed by atoms with Gasteiger partial charge in [-0.3, -0.25) is 4.68 Å². The number of methoxy groups -OCH3 is 1. The molecule has 0 saturated carbocycles. The Hall–Kier alpha value is -1.83. The van der Waals surface area contributed by atoms with Gasteiger partial charge in [-0.15, -0.1) is 0 Å². The normalized spacial score (nSPS) is 19.6. The van der Waals surface area contributed by atoms with Gasteiger partial charge in [-0.1, -0.05) is 12.1 Å². The van der Waals surface area contributed by atoms with E-state index in [4.69, 9.17) is 4.74 Å². The van der Waals surface area contributed by atoms with Gasteiger partial charge in [-0.05, 0) is 37.6 Å². The van der Waals surface area contributed by atoms with E-state index in [2.05, 4.69) is 15.3 Å². The summed E-state index contributed by atoms with van der Waals surface area (Å²) in [5, 5.41) is 15.8. The Bertz CT molecular complexity index is 672. The van der Waals surface area contributed by atoms with Crippen LogP contribution in [0.5, 0.6) is 0 Å². The first-order chi connectivity index (χ1) is 13.2. The van der Waals surface area contributed by atoms with E-state index >= 15 is 0 Å². The third-order valence-corrected chi connectivity index (χ3v) is 5.47. The maximum absolute atomic E-state index is 13.8. The van der Waals surface area contributed by atoms with E-state index in [9.17, 15) is 9.50 Å². The van der Waals surface area contributed by atoms with E-state index in [0.29, 0.717) is 0 Å². The number of aromatic amines is 1. The van der Waals surface area contributed by atoms with Gasteiger partial charge in [-0.25, -0.2) is 4.39 Å². The number of likely N-dealkylation sites (N-methyl/N-ethyl adjacent to an activating group) is 1. The predicted octanol–water partition coefficient (Wildman–Crippen LogP) is 2.44. The van der Waals surface area contributed by atoms with Gasteiger partial charge >= 0.3 is 0 Å². The van der Waals surface area contributed by atoms with Gasteiger partial charge in [0, 0.05) is 38.5 Å². The number of aliphatic hydroxyl groups is 1. The lowest BCUT2D eigenvalue weighted by molar-refractivity contribution is 0.0376. The maximum Gasteiger partial charge on any atom is 0.115 e. The fourth-order valence-corrected chi connectivity index (χ4v) is 3.92. The second-order valence-corrected chi connectivity index (χ2v) is 7.17. The van der Waals surface area contributed by atoms with Crippen molar-refractivity contribution >= 4 is 5.69 Å². The van der Waals surface area contributed by atoms with E-state index in [1.807, 2.05) is 37.5 Å². The van der Waals surface area contributed by atoms with Gasteiger partial charge in [0.15, 0.2) is 0 Å². The van der Waals surface area contributed by atoms with Crippen molar-refractivity contribution < 1.29 is 14.2 Å². The SMILES string of the molecule is CNCCc1cn([C@H](CF)[C@H](OC)c2ccc(N3CCC[C@@H]3CO)cc2)[nH]1. The molecule has 2 heterocycles. The number of alkyl halides is 1. The molecule has 0 amide bonds. The number of aromatic nitrogens is 2. The average molecular weight is 378 g/mol. The molecule has 7 heteroatoms. The molecule has 0 spiro atoms. The standard InChI is InChI=1S/C20H31FN4O2/c1-22-10-9-16-13-25(23-16)19(12-21)20(27-2)15-5-7-17(8-6-15)24-11-3-4-18(24)14-26/h5-8,13,18-20,22-23,26H,3-4,9-12,14H2,1-2H3/t18-,19-,20-/m1/s1. The quantitative estimate of drug-likeness (QED) is 0.594. The fourth-order valence-electron chi connectivity index (χ4n) is 3.92. The molecule has 6 nitrogen and oxygen atoms in total. The summed E-state index contributed by atoms with van der Waals surface area (Å²) in [5.41, 5.74) is 3.14. The van der Waals surface area contributed by atoms with Gasteiger partial charge in [0.1, 0.15) is 18.8 Å². The first kappa shape index (κ1) is 19.9. The van der Waals surface area contributed by atoms with Crippen LogP contribution >= 0.6 is 0 Å². The van der Waals surface area contributed by atoms with Crippen molar-refractivity contribution in [2.24, 2.45) is 0 Å². The summed E-state index contributed by atoms with van der Waals surface area (Å²) in [4.78, 5) is 2.24. The number of hydrogen-bond donors (Lipinski definition) is 3. The molecular formula is C20H31FN4O2. The van der Waals surface area contributed by atoms with Crippen molar-refractivity contribution in [3.05, 3.63) is 41.7 Å². The van der Waals surface area contributed by atoms with E-state index in [1.54, 1.807) is 11.8 Å². The Balaban J connectivity index is 1.71. The zero-order chi connectivity index (χ0) is 19.2. The Kier molecular flexibility index (Phi) is 6.93. The molecule has 1 fully saturated rings. The van der Waals surface area contributed by atoms with E-state index in [0.717, 1.165) is 49.3 Å². The van der Waals surface area contributed by atoms with Crippen LogP contribution in [0.25, 0.3) is 0 Å². The highest BCUT2D eigenvalue weighted by Gasteiger charge is 2.28. The van der Waals surface area contributed by atoms with Crippen molar-refractivity contribution in [1.29, 1.82) is 0 Å². The second kappa shape index (κ2) is 9.39. The molecule has 3 N–H and O–H groups in total. The van der Waals surface area contributed by atoms with Gasteiger partial charge < -0.3 is 25.2 Å². The van der Waals surface area contributed by atoms with Crippen LogP contribution < -0.4 is 10.2 Å². The molecule has 0 aliphatic carbocycles. The topological polar surface area (TPSA) is 65.4 Å². The van der Waals surface area contributed by atoms with Gasteiger partial charge in [-0.2, -0.15) is 0 Å². The maximum atomic E-state index is 13.8. The third kappa shape index (κ3) is 4.36. The monoisotopic (exact) mass is 378 g/mol. The number of ether oxygens (including phenoxy) is 1. The fraction of sp³-hybridized carbons (Fsp3) is 0.600. The molecule has 2 aromatic rings. The first-order valence-electron chi connectivity index (χ1n) is 9.68. The number of halogens is 1. The summed E-state index contributed by atoms with van der Waals surface area (Å²) >= 11 is 0. The van der Waals surface area contributed by atoms with Gasteiger partial charge in [0.05, 0.1) is 18.3 Å². The van der Waals surface area contributed by atoms with Crippen LogP contribution in [0.4, 0.5) is 10.1 Å². The van der Waals surface area contributed by atoms with Crippen LogP contribution in [0, 0.1) is 0 Å². The summed E-state index contributed by atoms with van der Waals surface area (Å²) in [5.74, 6) is 0. The Morgan fingerprint density at radius 1 is 1.37 bits per heavy atom. The van der Waals surface area contributed by atoms with Crippen molar-refractivity contribution in [3.8, 4) is 0 Å². The van der Waals surface area contributed by atoms with E-state index in [-0.39, 0.29) is 18.8 Å². The van der Waals surface area contributed by atoms with Crippen molar-refractivity contribution in [3.63, 3.8) is 0 Å². The molecule has 1 aromatic carbocycles. The molecule has 0 radical (unpaired) electrons. The molecule has 3 rings (SSSR count). The van der Waals surface area contributed by atoms with Crippen LogP contribution in [0.2, 0.25) is 0 Å². The summed E-state index contributed by atoms with van der Waals surface area (Å²) in [7, 11) is 3.53. The molecular weight excluding hydrogens is 347 g/mol. The van der Waals surface area contributed by atoms with Crippen LogP contribution in [-0.2, 0) is 11.2 Å². The number of benzene rings is 1. The molecule has 1 aliphatic rings. The van der Waals surface area contributed by atoms with E-state index in [1.165, 1.54) is 0 Å². The second-order valence-electron chi connectivity index (χ2n) is 7.17. The Labute approximate surface area is 160 Å². The molecule has 27 heavy (non-hydrogen) atoms. The summed E-state index contributed by atoms with van der Waals surface area (Å²) in [6.45, 7) is 1.51. The van der Waals surface area contributed by atoms with Gasteiger partial charge in [0.2, 0.25) is 0 Å². The molecule has 150 valence electrons. The molecule has 3 atom stereocenters. The number of H-pyrrole nitrogens is 1. The summed E-state index contributed by atoms with van der Waals surface area (Å²) in [6, 6.07) is 7.87. The zero-order valence-corrected chi connectivity index (χ0v) is 16.2. The first-order valence-corrected chi connectivity index (χ1v) is 9.68. The van der Waals surface area contributed by atoms with Crippen molar-refractivity contribution in [2.45, 2.75) is 37.5 Å². The minimum atomic E-state index is -0.512. The third-order valence-electron chi connectivity index (χ3n) is 5.47. The minimum absolute atomic E-state index is 0.176. The number of anilines is 1. The average Bonchev–Trinajstić information content (AvgIpc) is 3.15. The number of rotatable bonds is 10. The minimum Gasteiger partial charge on any atom is -0.394 e. The van der Waals surface area contributed by atoms with E-state index < -0.39 is 12.7 Å². The largest absolute Gasteiger partial charge is 0.394 e. The van der Waals surface area contributed by atoms with Crippen molar-refractivity contribution in [2.75, 3.05) is 45.4 Å². The van der Waals surface area contributed by atoms with Crippen LogP contribution in [-0.4, -0.2) is 61.5 Å². The highest BCUT2D eigenvalue weighted by molar-refractivity contribution is 5.50. The molecule has 1 aliphatic heterocycles. The Morgan fingerprint density at radius 3 is 2.70 bits per heavy atom. The molecule has 1 saturated heterocycles. The predicted molar refractivity (Wildman–Crippen MR) is 105 cm³/mol. The summed E-state index contributed by atoms with van der Waals surface area (Å²) < 4.78 is 21.3. The zero-order valence-electron chi connectivity index (χ0n) is 16.2. The molecule has 1 aromatic heterocycles. The number of nitrogens with zero attached hydrogens (tertiary/aromatic N) is 2. The molecule has 0 unspecified atom stereocenters. The lowest BCUT2D eigenvalue weighted by Crippen LogP contribution is -2.32. The lowest BCUT2D eigenvalue weighted by atomic mass is 10.0. The smallest absolute Gasteiger partial charge is 0.115 e. The van der Waals surface area contributed by atoms with Crippen LogP contribution in [0.1, 0.15) is 36.2 Å². The molecule has 0 bridgehead atoms. The van der Waals surface area contributed by atoms with Gasteiger partial charge in [0.25, 0.3) is 0 Å². The lowest BCUT2D eigenvalue weighted by Gasteiger charge is -2.30.